The van der Waals surface area contributed by atoms with Gasteiger partial charge in [-0.15, -0.1) is 10.2 Å². The number of imide groups is 1. The van der Waals surface area contributed by atoms with Crippen LogP contribution in [0.4, 0.5) is 11.4 Å². The van der Waals surface area contributed by atoms with Gasteiger partial charge in [-0.05, 0) is 24.3 Å². The molecule has 0 unspecified atom stereocenters. The van der Waals surface area contributed by atoms with Crippen LogP contribution in [0.3, 0.4) is 0 Å². The van der Waals surface area contributed by atoms with Crippen LogP contribution in [0.5, 0.6) is 0 Å². The number of nitro groups is 1. The molecule has 1 aliphatic heterocycles. The Balaban J connectivity index is 1.67. The molecular formula is C18H12N4O5. The second-order valence-electron chi connectivity index (χ2n) is 5.89. The van der Waals surface area contributed by atoms with Gasteiger partial charge in [0, 0.05) is 36.1 Å². The van der Waals surface area contributed by atoms with Crippen molar-refractivity contribution in [3.05, 3.63) is 58.6 Å². The van der Waals surface area contributed by atoms with Crippen LogP contribution in [-0.2, 0) is 9.59 Å². The van der Waals surface area contributed by atoms with Crippen molar-refractivity contribution < 1.29 is 18.9 Å². The van der Waals surface area contributed by atoms with Gasteiger partial charge in [0.15, 0.2) is 0 Å². The first-order valence-electron chi connectivity index (χ1n) is 8.07. The summed E-state index contributed by atoms with van der Waals surface area (Å²) in [5, 5.41) is 18.8. The van der Waals surface area contributed by atoms with E-state index >= 15 is 0 Å². The van der Waals surface area contributed by atoms with Crippen molar-refractivity contribution in [3.8, 4) is 22.9 Å². The Morgan fingerprint density at radius 2 is 1.52 bits per heavy atom. The van der Waals surface area contributed by atoms with E-state index in [2.05, 4.69) is 10.2 Å². The van der Waals surface area contributed by atoms with E-state index in [-0.39, 0.29) is 42.1 Å². The van der Waals surface area contributed by atoms with E-state index in [4.69, 9.17) is 4.42 Å². The standard InChI is InChI=1S/C18H12N4O5/c23-15-7-8-16(24)21(15)13-5-1-3-11(9-13)17-19-20-18(27-17)12-4-2-6-14(10-12)22(25)26/h1-6,9-10H,7-8H2. The van der Waals surface area contributed by atoms with Gasteiger partial charge in [0.2, 0.25) is 23.6 Å². The molecule has 3 aromatic rings. The Hall–Kier alpha value is -3.88. The van der Waals surface area contributed by atoms with Crippen LogP contribution in [0.1, 0.15) is 12.8 Å². The van der Waals surface area contributed by atoms with Crippen LogP contribution in [0.2, 0.25) is 0 Å². The van der Waals surface area contributed by atoms with E-state index in [1.807, 2.05) is 0 Å². The highest BCUT2D eigenvalue weighted by atomic mass is 16.6. The van der Waals surface area contributed by atoms with Gasteiger partial charge in [-0.25, -0.2) is 0 Å². The van der Waals surface area contributed by atoms with E-state index < -0.39 is 4.92 Å². The highest BCUT2D eigenvalue weighted by molar-refractivity contribution is 6.19. The molecule has 0 aliphatic carbocycles. The number of amides is 2. The lowest BCUT2D eigenvalue weighted by Gasteiger charge is -2.14. The molecule has 1 aliphatic rings. The number of aromatic nitrogens is 2. The number of nitro benzene ring substituents is 1. The number of rotatable bonds is 4. The Bertz CT molecular complexity index is 1060. The lowest BCUT2D eigenvalue weighted by atomic mass is 10.2. The average Bonchev–Trinajstić information content (AvgIpc) is 3.29. The largest absolute Gasteiger partial charge is 0.416 e. The van der Waals surface area contributed by atoms with Crippen molar-refractivity contribution >= 4 is 23.2 Å². The number of non-ortho nitro benzene ring substituents is 1. The molecule has 9 heteroatoms. The predicted molar refractivity (Wildman–Crippen MR) is 93.6 cm³/mol. The molecule has 2 amide bonds. The van der Waals surface area contributed by atoms with Crippen molar-refractivity contribution in [2.75, 3.05) is 4.90 Å². The van der Waals surface area contributed by atoms with Gasteiger partial charge in [-0.2, -0.15) is 0 Å². The first kappa shape index (κ1) is 16.6. The first-order chi connectivity index (χ1) is 13.0. The van der Waals surface area contributed by atoms with Crippen molar-refractivity contribution in [1.82, 2.24) is 10.2 Å². The summed E-state index contributed by atoms with van der Waals surface area (Å²) in [6.07, 6.45) is 0.390. The molecule has 1 fully saturated rings. The van der Waals surface area contributed by atoms with Crippen molar-refractivity contribution in [2.24, 2.45) is 0 Å². The van der Waals surface area contributed by atoms with Gasteiger partial charge in [-0.1, -0.05) is 12.1 Å². The highest BCUT2D eigenvalue weighted by Crippen LogP contribution is 2.30. The van der Waals surface area contributed by atoms with Crippen LogP contribution >= 0.6 is 0 Å². The summed E-state index contributed by atoms with van der Waals surface area (Å²) in [6, 6.07) is 12.5. The highest BCUT2D eigenvalue weighted by Gasteiger charge is 2.30. The number of nitrogens with zero attached hydrogens (tertiary/aromatic N) is 4. The molecule has 1 aromatic heterocycles. The van der Waals surface area contributed by atoms with Crippen LogP contribution in [0.15, 0.2) is 52.9 Å². The Labute approximate surface area is 152 Å². The van der Waals surface area contributed by atoms with Gasteiger partial charge in [0.1, 0.15) is 0 Å². The Morgan fingerprint density at radius 1 is 0.926 bits per heavy atom. The molecule has 0 spiro atoms. The van der Waals surface area contributed by atoms with Crippen molar-refractivity contribution in [2.45, 2.75) is 12.8 Å². The molecule has 0 radical (unpaired) electrons. The quantitative estimate of drug-likeness (QED) is 0.396. The first-order valence-corrected chi connectivity index (χ1v) is 8.07. The molecule has 0 saturated carbocycles. The molecule has 4 rings (SSSR count). The monoisotopic (exact) mass is 364 g/mol. The normalized spacial score (nSPS) is 14.0. The number of carbonyl (C=O) groups excluding carboxylic acids is 2. The minimum absolute atomic E-state index is 0.0831. The summed E-state index contributed by atoms with van der Waals surface area (Å²) in [6.45, 7) is 0. The molecule has 0 N–H and O–H groups in total. The second-order valence-corrected chi connectivity index (χ2v) is 5.89. The molecule has 2 heterocycles. The lowest BCUT2D eigenvalue weighted by molar-refractivity contribution is -0.384. The van der Waals surface area contributed by atoms with Crippen molar-refractivity contribution in [1.29, 1.82) is 0 Å². The molecular weight excluding hydrogens is 352 g/mol. The maximum atomic E-state index is 11.9. The average molecular weight is 364 g/mol. The lowest BCUT2D eigenvalue weighted by Crippen LogP contribution is -2.28. The summed E-state index contributed by atoms with van der Waals surface area (Å²) in [4.78, 5) is 35.4. The fraction of sp³-hybridized carbons (Fsp3) is 0.111. The third kappa shape index (κ3) is 3.06. The number of hydrogen-bond donors (Lipinski definition) is 0. The minimum Gasteiger partial charge on any atom is -0.416 e. The van der Waals surface area contributed by atoms with E-state index in [1.165, 1.54) is 18.2 Å². The zero-order valence-corrected chi connectivity index (χ0v) is 13.9. The molecule has 9 nitrogen and oxygen atoms in total. The predicted octanol–water partition coefficient (Wildman–Crippen LogP) is 2.97. The Morgan fingerprint density at radius 3 is 2.15 bits per heavy atom. The van der Waals surface area contributed by atoms with Crippen LogP contribution in [-0.4, -0.2) is 26.9 Å². The maximum Gasteiger partial charge on any atom is 0.270 e. The summed E-state index contributed by atoms with van der Waals surface area (Å²) < 4.78 is 5.63. The smallest absolute Gasteiger partial charge is 0.270 e. The van der Waals surface area contributed by atoms with E-state index in [0.717, 1.165) is 4.90 Å². The number of benzene rings is 2. The van der Waals surface area contributed by atoms with Gasteiger partial charge >= 0.3 is 0 Å². The van der Waals surface area contributed by atoms with Gasteiger partial charge < -0.3 is 4.42 Å². The second kappa shape index (κ2) is 6.45. The van der Waals surface area contributed by atoms with Gasteiger partial charge in [-0.3, -0.25) is 24.6 Å². The van der Waals surface area contributed by atoms with Gasteiger partial charge in [0.25, 0.3) is 5.69 Å². The van der Waals surface area contributed by atoms with E-state index in [0.29, 0.717) is 16.8 Å². The zero-order valence-electron chi connectivity index (χ0n) is 13.9. The molecule has 1 saturated heterocycles. The molecule has 27 heavy (non-hydrogen) atoms. The zero-order chi connectivity index (χ0) is 19.0. The SMILES string of the molecule is O=C1CCC(=O)N1c1cccc(-c2nnc(-c3cccc([N+](=O)[O-])c3)o2)c1. The minimum atomic E-state index is -0.506. The molecule has 134 valence electrons. The summed E-state index contributed by atoms with van der Waals surface area (Å²) in [7, 11) is 0. The topological polar surface area (TPSA) is 119 Å². The van der Waals surface area contributed by atoms with Gasteiger partial charge in [0.05, 0.1) is 10.6 Å². The van der Waals surface area contributed by atoms with E-state index in [9.17, 15) is 19.7 Å². The number of carbonyl (C=O) groups is 2. The van der Waals surface area contributed by atoms with Crippen LogP contribution in [0.25, 0.3) is 22.9 Å². The molecule has 0 bridgehead atoms. The van der Waals surface area contributed by atoms with Crippen molar-refractivity contribution in [3.63, 3.8) is 0 Å². The number of hydrogen-bond acceptors (Lipinski definition) is 7. The Kier molecular flexibility index (Phi) is 3.96. The molecule has 2 aromatic carbocycles. The summed E-state index contributed by atoms with van der Waals surface area (Å²) in [5.41, 5.74) is 1.31. The fourth-order valence-corrected chi connectivity index (χ4v) is 2.85. The number of anilines is 1. The van der Waals surface area contributed by atoms with Crippen LogP contribution < -0.4 is 4.90 Å². The van der Waals surface area contributed by atoms with Crippen LogP contribution in [0, 0.1) is 10.1 Å². The third-order valence-electron chi connectivity index (χ3n) is 4.13. The maximum absolute atomic E-state index is 11.9. The summed E-state index contributed by atoms with van der Waals surface area (Å²) >= 11 is 0. The third-order valence-corrected chi connectivity index (χ3v) is 4.13. The summed E-state index contributed by atoms with van der Waals surface area (Å²) in [5.74, 6) is -0.190. The fourth-order valence-electron chi connectivity index (χ4n) is 2.85. The van der Waals surface area contributed by atoms with E-state index in [1.54, 1.807) is 30.3 Å². The molecule has 0 atom stereocenters.